The van der Waals surface area contributed by atoms with Crippen molar-refractivity contribution >= 4 is 34.7 Å². The largest absolute Gasteiger partial charge is 0.481 e. The molecular weight excluding hydrogens is 444 g/mol. The number of fused-ring (bicyclic) bond motifs is 1. The van der Waals surface area contributed by atoms with Gasteiger partial charge in [0.15, 0.2) is 0 Å². The molecule has 8 N–H and O–H groups in total. The fourth-order valence-electron chi connectivity index (χ4n) is 3.53. The summed E-state index contributed by atoms with van der Waals surface area (Å²) in [5, 5.41) is 24.0. The molecule has 180 valence electrons. The summed E-state index contributed by atoms with van der Waals surface area (Å²) in [4.78, 5) is 57.8. The van der Waals surface area contributed by atoms with Crippen LogP contribution in [0.4, 0.5) is 0 Å². The number of nitrogens with one attached hydrogen (secondary N) is 4. The highest BCUT2D eigenvalue weighted by atomic mass is 16.4. The minimum Gasteiger partial charge on any atom is -0.481 e. The van der Waals surface area contributed by atoms with Gasteiger partial charge in [0.25, 0.3) is 0 Å². The molecule has 3 aromatic rings. The molecule has 0 aliphatic heterocycles. The van der Waals surface area contributed by atoms with E-state index in [2.05, 4.69) is 25.6 Å². The van der Waals surface area contributed by atoms with Gasteiger partial charge in [0.2, 0.25) is 11.8 Å². The summed E-state index contributed by atoms with van der Waals surface area (Å²) in [7, 11) is 0. The second kappa shape index (κ2) is 11.1. The van der Waals surface area contributed by atoms with Gasteiger partial charge in [-0.15, -0.1) is 0 Å². The van der Waals surface area contributed by atoms with Crippen molar-refractivity contribution in [3.8, 4) is 0 Å². The second-order valence-corrected chi connectivity index (χ2v) is 7.84. The van der Waals surface area contributed by atoms with Crippen molar-refractivity contribution in [2.75, 3.05) is 0 Å². The molecule has 2 aromatic heterocycles. The predicted octanol–water partition coefficient (Wildman–Crippen LogP) is -0.0775. The summed E-state index contributed by atoms with van der Waals surface area (Å²) in [6, 6.07) is 4.01. The predicted molar refractivity (Wildman–Crippen MR) is 121 cm³/mol. The quantitative estimate of drug-likeness (QED) is 0.190. The molecule has 0 aliphatic rings. The summed E-state index contributed by atoms with van der Waals surface area (Å²) in [6.07, 6.45) is 4.12. The van der Waals surface area contributed by atoms with Crippen molar-refractivity contribution in [3.63, 3.8) is 0 Å². The minimum absolute atomic E-state index is 0.00263. The number of nitrogens with two attached hydrogens (primary N) is 1. The Kier molecular flexibility index (Phi) is 7.98. The average molecular weight is 470 g/mol. The van der Waals surface area contributed by atoms with Crippen molar-refractivity contribution in [1.29, 1.82) is 0 Å². The molecule has 0 saturated carbocycles. The average Bonchev–Trinajstić information content (AvgIpc) is 3.45. The van der Waals surface area contributed by atoms with E-state index in [4.69, 9.17) is 10.8 Å². The van der Waals surface area contributed by atoms with Crippen molar-refractivity contribution in [1.82, 2.24) is 25.6 Å². The number of hydrogen-bond acceptors (Lipinski definition) is 6. The maximum absolute atomic E-state index is 12.9. The zero-order chi connectivity index (χ0) is 24.7. The van der Waals surface area contributed by atoms with E-state index in [0.717, 1.165) is 16.5 Å². The third kappa shape index (κ3) is 6.42. The number of carbonyl (C=O) groups excluding carboxylic acids is 2. The number of benzene rings is 1. The van der Waals surface area contributed by atoms with Gasteiger partial charge < -0.3 is 36.5 Å². The number of para-hydroxylation sites is 1. The second-order valence-electron chi connectivity index (χ2n) is 7.84. The van der Waals surface area contributed by atoms with Gasteiger partial charge in [0.05, 0.1) is 12.4 Å². The van der Waals surface area contributed by atoms with E-state index < -0.39 is 48.3 Å². The molecule has 0 radical (unpaired) electrons. The normalized spacial score (nSPS) is 13.7. The molecule has 3 atom stereocenters. The van der Waals surface area contributed by atoms with Crippen LogP contribution in [0.5, 0.6) is 0 Å². The van der Waals surface area contributed by atoms with Crippen LogP contribution in [-0.4, -0.2) is 67.0 Å². The number of amides is 2. The van der Waals surface area contributed by atoms with Gasteiger partial charge in [0.1, 0.15) is 12.1 Å². The monoisotopic (exact) mass is 470 g/mol. The fraction of sp³-hybridized carbons (Fsp3) is 0.318. The lowest BCUT2D eigenvalue weighted by Gasteiger charge is -2.22. The third-order valence-electron chi connectivity index (χ3n) is 5.32. The lowest BCUT2D eigenvalue weighted by atomic mass is 10.0. The molecule has 12 heteroatoms. The fourth-order valence-corrected chi connectivity index (χ4v) is 3.53. The van der Waals surface area contributed by atoms with Crippen LogP contribution in [0.15, 0.2) is 43.0 Å². The Morgan fingerprint density at radius 3 is 2.41 bits per heavy atom. The minimum atomic E-state index is -1.43. The van der Waals surface area contributed by atoms with E-state index in [1.54, 1.807) is 6.20 Å². The third-order valence-corrected chi connectivity index (χ3v) is 5.32. The van der Waals surface area contributed by atoms with Gasteiger partial charge in [-0.2, -0.15) is 0 Å². The SMILES string of the molecule is NC(Cc1c[nH]c2ccccc12)C(=O)NC(Cc1cnc[nH]1)C(=O)NC(CCC(=O)O)C(=O)O. The molecule has 12 nitrogen and oxygen atoms in total. The Labute approximate surface area is 193 Å². The van der Waals surface area contributed by atoms with Gasteiger partial charge >= 0.3 is 11.9 Å². The molecule has 1 aromatic carbocycles. The van der Waals surface area contributed by atoms with Gasteiger partial charge in [-0.25, -0.2) is 9.78 Å². The van der Waals surface area contributed by atoms with Crippen molar-refractivity contribution in [2.24, 2.45) is 5.73 Å². The standard InChI is InChI=1S/C22H26N6O6/c23-15(7-12-9-25-16-4-2-1-3-14(12)16)20(31)28-18(8-13-10-24-11-26-13)21(32)27-17(22(33)34)5-6-19(29)30/h1-4,9-11,15,17-18,25H,5-8,23H2,(H,24,26)(H,27,32)(H,28,31)(H,29,30)(H,33,34). The van der Waals surface area contributed by atoms with Crippen molar-refractivity contribution < 1.29 is 29.4 Å². The van der Waals surface area contributed by atoms with Crippen LogP contribution in [-0.2, 0) is 32.0 Å². The molecule has 0 spiro atoms. The first-order valence-corrected chi connectivity index (χ1v) is 10.6. The summed E-state index contributed by atoms with van der Waals surface area (Å²) in [5.41, 5.74) is 8.39. The lowest BCUT2D eigenvalue weighted by molar-refractivity contribution is -0.143. The summed E-state index contributed by atoms with van der Waals surface area (Å²) < 4.78 is 0. The number of rotatable bonds is 12. The number of hydrogen-bond donors (Lipinski definition) is 7. The Hall–Kier alpha value is -4.19. The number of carbonyl (C=O) groups is 4. The van der Waals surface area contributed by atoms with Gasteiger partial charge in [-0.3, -0.25) is 14.4 Å². The number of carboxylic acids is 2. The first-order valence-electron chi connectivity index (χ1n) is 10.6. The van der Waals surface area contributed by atoms with Crippen LogP contribution in [0.1, 0.15) is 24.1 Å². The van der Waals surface area contributed by atoms with Gasteiger partial charge in [-0.05, 0) is 24.5 Å². The summed E-state index contributed by atoms with van der Waals surface area (Å²) in [5.74, 6) is -3.94. The number of aromatic amines is 2. The van der Waals surface area contributed by atoms with Crippen LogP contribution < -0.4 is 16.4 Å². The smallest absolute Gasteiger partial charge is 0.326 e. The summed E-state index contributed by atoms with van der Waals surface area (Å²) >= 11 is 0. The van der Waals surface area contributed by atoms with Crippen molar-refractivity contribution in [3.05, 3.63) is 54.2 Å². The molecule has 2 heterocycles. The first kappa shape index (κ1) is 24.5. The molecule has 0 bridgehead atoms. The maximum Gasteiger partial charge on any atom is 0.326 e. The maximum atomic E-state index is 12.9. The van der Waals surface area contributed by atoms with E-state index in [1.807, 2.05) is 24.3 Å². The highest BCUT2D eigenvalue weighted by molar-refractivity contribution is 5.92. The van der Waals surface area contributed by atoms with E-state index in [-0.39, 0.29) is 19.3 Å². The van der Waals surface area contributed by atoms with Gasteiger partial charge in [0, 0.05) is 41.8 Å². The van der Waals surface area contributed by atoms with E-state index in [1.165, 1.54) is 12.5 Å². The van der Waals surface area contributed by atoms with Gasteiger partial charge in [-0.1, -0.05) is 18.2 Å². The Morgan fingerprint density at radius 2 is 1.74 bits per heavy atom. The van der Waals surface area contributed by atoms with E-state index >= 15 is 0 Å². The number of nitrogens with zero attached hydrogens (tertiary/aromatic N) is 1. The molecule has 0 aliphatic carbocycles. The zero-order valence-electron chi connectivity index (χ0n) is 18.2. The topological polar surface area (TPSA) is 203 Å². The molecule has 34 heavy (non-hydrogen) atoms. The van der Waals surface area contributed by atoms with Crippen LogP contribution in [0, 0.1) is 0 Å². The molecule has 0 fully saturated rings. The molecule has 3 unspecified atom stereocenters. The van der Waals surface area contributed by atoms with Crippen LogP contribution in [0.3, 0.4) is 0 Å². The number of carboxylic acid groups (broad SMARTS) is 2. The number of imidazole rings is 1. The highest BCUT2D eigenvalue weighted by Gasteiger charge is 2.29. The zero-order valence-corrected chi connectivity index (χ0v) is 18.2. The highest BCUT2D eigenvalue weighted by Crippen LogP contribution is 2.18. The molecular formula is C22H26N6O6. The molecule has 0 saturated heterocycles. The lowest BCUT2D eigenvalue weighted by Crippen LogP contribution is -2.55. The Bertz CT molecular complexity index is 1160. The molecule has 2 amide bonds. The molecule has 3 rings (SSSR count). The Balaban J connectivity index is 1.70. The van der Waals surface area contributed by atoms with E-state index in [9.17, 15) is 24.3 Å². The number of aromatic nitrogens is 3. The summed E-state index contributed by atoms with van der Waals surface area (Å²) in [6.45, 7) is 0. The van der Waals surface area contributed by atoms with Crippen LogP contribution in [0.2, 0.25) is 0 Å². The number of aliphatic carboxylic acids is 2. The van der Waals surface area contributed by atoms with Crippen molar-refractivity contribution in [2.45, 2.75) is 43.8 Å². The van der Waals surface area contributed by atoms with E-state index in [0.29, 0.717) is 5.69 Å². The first-order chi connectivity index (χ1) is 16.2. The Morgan fingerprint density at radius 1 is 1.00 bits per heavy atom. The number of H-pyrrole nitrogens is 2. The van der Waals surface area contributed by atoms with Crippen LogP contribution in [0.25, 0.3) is 10.9 Å². The van der Waals surface area contributed by atoms with Crippen LogP contribution >= 0.6 is 0 Å².